The van der Waals surface area contributed by atoms with E-state index in [1.54, 1.807) is 0 Å². The van der Waals surface area contributed by atoms with Crippen molar-refractivity contribution in [1.82, 2.24) is 0 Å². The largest absolute Gasteiger partial charge is 0.261 e. The molecule has 1 aromatic carbocycles. The maximum Gasteiger partial charge on any atom is 0.0625 e. The molecule has 1 rings (SSSR count). The normalized spacial score (nSPS) is 10.6. The average Bonchev–Trinajstić information content (AvgIpc) is 2.07. The molecule has 0 fully saturated rings. The van der Waals surface area contributed by atoms with Crippen molar-refractivity contribution in [3.8, 4) is 0 Å². The van der Waals surface area contributed by atoms with Gasteiger partial charge >= 0.3 is 0 Å². The number of hydrogen-bond donors (Lipinski definition) is 0. The van der Waals surface area contributed by atoms with Gasteiger partial charge in [-0.25, -0.2) is 0 Å². The third-order valence-corrected chi connectivity index (χ3v) is 1.41. The molecule has 0 unspecified atom stereocenters. The first-order valence-corrected chi connectivity index (χ1v) is 4.01. The summed E-state index contributed by atoms with van der Waals surface area (Å²) >= 11 is 0. The van der Waals surface area contributed by atoms with E-state index < -0.39 is 0 Å². The predicted octanol–water partition coefficient (Wildman–Crippen LogP) is 3.19. The van der Waals surface area contributed by atoms with E-state index in [9.17, 15) is 0 Å². The third-order valence-electron chi connectivity index (χ3n) is 1.41. The Hall–Kier alpha value is -1.11. The Morgan fingerprint density at radius 3 is 2.64 bits per heavy atom. The minimum absolute atomic E-state index is 1.04. The van der Waals surface area contributed by atoms with Gasteiger partial charge in [0.1, 0.15) is 0 Å². The number of unbranched alkanes of at least 4 members (excludes halogenated alkanes) is 1. The molecule has 0 aromatic heterocycles. The maximum atomic E-state index is 4.27. The Morgan fingerprint density at radius 2 is 2.00 bits per heavy atom. The van der Waals surface area contributed by atoms with Gasteiger partial charge in [-0.3, -0.25) is 4.99 Å². The van der Waals surface area contributed by atoms with Gasteiger partial charge in [-0.2, -0.15) is 0 Å². The molecule has 0 spiro atoms. The zero-order valence-corrected chi connectivity index (χ0v) is 6.83. The molecule has 0 saturated heterocycles. The first kappa shape index (κ1) is 7.99. The van der Waals surface area contributed by atoms with Crippen molar-refractivity contribution in [2.75, 3.05) is 0 Å². The Morgan fingerprint density at radius 1 is 1.27 bits per heavy atom. The summed E-state index contributed by atoms with van der Waals surface area (Å²) in [5, 5.41) is 0. The maximum absolute atomic E-state index is 4.27. The summed E-state index contributed by atoms with van der Waals surface area (Å²) in [7, 11) is 0. The van der Waals surface area contributed by atoms with Crippen LogP contribution in [-0.2, 0) is 0 Å². The molecule has 0 heterocycles. The van der Waals surface area contributed by atoms with Crippen LogP contribution in [0.5, 0.6) is 0 Å². The van der Waals surface area contributed by atoms with E-state index in [2.05, 4.69) is 11.9 Å². The fraction of sp³-hybridized carbons (Fsp3) is 0.300. The number of benzene rings is 1. The molecule has 11 heavy (non-hydrogen) atoms. The van der Waals surface area contributed by atoms with Crippen molar-refractivity contribution in [3.63, 3.8) is 0 Å². The van der Waals surface area contributed by atoms with Gasteiger partial charge in [0.05, 0.1) is 5.69 Å². The van der Waals surface area contributed by atoms with Crippen molar-refractivity contribution in [3.05, 3.63) is 30.3 Å². The quantitative estimate of drug-likeness (QED) is 0.582. The SMILES string of the molecule is CCC/C=N\c1ccccc1. The molecule has 0 amide bonds. The highest BCUT2D eigenvalue weighted by molar-refractivity contribution is 5.62. The minimum atomic E-state index is 1.04. The van der Waals surface area contributed by atoms with Gasteiger partial charge in [0.25, 0.3) is 0 Å². The van der Waals surface area contributed by atoms with Crippen molar-refractivity contribution in [2.24, 2.45) is 4.99 Å². The zero-order valence-electron chi connectivity index (χ0n) is 6.83. The van der Waals surface area contributed by atoms with Crippen LogP contribution in [0, 0.1) is 0 Å². The molecule has 0 radical (unpaired) electrons. The molecule has 1 heteroatoms. The Balaban J connectivity index is 2.50. The topological polar surface area (TPSA) is 12.4 Å². The Labute approximate surface area is 67.8 Å². The van der Waals surface area contributed by atoms with E-state index >= 15 is 0 Å². The lowest BCUT2D eigenvalue weighted by Crippen LogP contribution is -1.70. The molecule has 1 nitrogen and oxygen atoms in total. The second kappa shape index (κ2) is 4.67. The summed E-state index contributed by atoms with van der Waals surface area (Å²) < 4.78 is 0. The van der Waals surface area contributed by atoms with E-state index in [4.69, 9.17) is 0 Å². The molecule has 0 aliphatic heterocycles. The molecule has 0 bridgehead atoms. The van der Waals surface area contributed by atoms with Crippen LogP contribution in [0.4, 0.5) is 5.69 Å². The van der Waals surface area contributed by atoms with Gasteiger partial charge in [-0.15, -0.1) is 0 Å². The van der Waals surface area contributed by atoms with Crippen LogP contribution < -0.4 is 0 Å². The highest BCUT2D eigenvalue weighted by atomic mass is 14.7. The van der Waals surface area contributed by atoms with E-state index in [1.807, 2.05) is 36.5 Å². The first-order valence-electron chi connectivity index (χ1n) is 4.01. The zero-order chi connectivity index (χ0) is 7.94. The lowest BCUT2D eigenvalue weighted by molar-refractivity contribution is 1.01. The predicted molar refractivity (Wildman–Crippen MR) is 49.5 cm³/mol. The van der Waals surface area contributed by atoms with Crippen molar-refractivity contribution < 1.29 is 0 Å². The Bertz CT molecular complexity index is 214. The summed E-state index contributed by atoms with van der Waals surface area (Å²) in [6, 6.07) is 10.0. The van der Waals surface area contributed by atoms with Crippen molar-refractivity contribution >= 4 is 11.9 Å². The highest BCUT2D eigenvalue weighted by Crippen LogP contribution is 2.08. The molecule has 1 aromatic rings. The summed E-state index contributed by atoms with van der Waals surface area (Å²) in [5.41, 5.74) is 1.04. The van der Waals surface area contributed by atoms with E-state index in [1.165, 1.54) is 0 Å². The summed E-state index contributed by atoms with van der Waals surface area (Å²) in [6.45, 7) is 2.15. The summed E-state index contributed by atoms with van der Waals surface area (Å²) in [6.07, 6.45) is 4.20. The molecule has 0 aliphatic carbocycles. The average molecular weight is 147 g/mol. The fourth-order valence-corrected chi connectivity index (χ4v) is 0.813. The van der Waals surface area contributed by atoms with E-state index in [0.717, 1.165) is 18.5 Å². The molecular weight excluding hydrogens is 134 g/mol. The molecule has 0 atom stereocenters. The first-order chi connectivity index (χ1) is 5.43. The van der Waals surface area contributed by atoms with Crippen LogP contribution in [0.2, 0.25) is 0 Å². The van der Waals surface area contributed by atoms with Gasteiger partial charge in [-0.1, -0.05) is 31.5 Å². The highest BCUT2D eigenvalue weighted by Gasteiger charge is 1.81. The smallest absolute Gasteiger partial charge is 0.0625 e. The van der Waals surface area contributed by atoms with Gasteiger partial charge in [0, 0.05) is 6.21 Å². The summed E-state index contributed by atoms with van der Waals surface area (Å²) in [5.74, 6) is 0. The number of aliphatic imine (C=N–C) groups is 1. The molecular formula is C10H13N. The lowest BCUT2D eigenvalue weighted by atomic mass is 10.3. The summed E-state index contributed by atoms with van der Waals surface area (Å²) in [4.78, 5) is 4.27. The molecule has 0 aliphatic rings. The number of hydrogen-bond acceptors (Lipinski definition) is 1. The van der Waals surface area contributed by atoms with Gasteiger partial charge < -0.3 is 0 Å². The molecule has 0 saturated carbocycles. The second-order valence-corrected chi connectivity index (χ2v) is 2.44. The fourth-order valence-electron chi connectivity index (χ4n) is 0.813. The van der Waals surface area contributed by atoms with E-state index in [-0.39, 0.29) is 0 Å². The van der Waals surface area contributed by atoms with Crippen molar-refractivity contribution in [1.29, 1.82) is 0 Å². The minimum Gasteiger partial charge on any atom is -0.261 e. The molecule has 0 N–H and O–H groups in total. The van der Waals surface area contributed by atoms with Gasteiger partial charge in [-0.05, 0) is 18.6 Å². The number of rotatable bonds is 3. The van der Waals surface area contributed by atoms with Crippen LogP contribution in [0.15, 0.2) is 35.3 Å². The van der Waals surface area contributed by atoms with Gasteiger partial charge in [0.2, 0.25) is 0 Å². The monoisotopic (exact) mass is 147 g/mol. The number of para-hydroxylation sites is 1. The Kier molecular flexibility index (Phi) is 3.39. The van der Waals surface area contributed by atoms with Crippen LogP contribution >= 0.6 is 0 Å². The van der Waals surface area contributed by atoms with Gasteiger partial charge in [0.15, 0.2) is 0 Å². The van der Waals surface area contributed by atoms with E-state index in [0.29, 0.717) is 0 Å². The standard InChI is InChI=1S/C10H13N/c1-2-3-9-11-10-7-5-4-6-8-10/h4-9H,2-3H2,1H3/b11-9-. The van der Waals surface area contributed by atoms with Crippen LogP contribution in [0.3, 0.4) is 0 Å². The van der Waals surface area contributed by atoms with Crippen LogP contribution in [-0.4, -0.2) is 6.21 Å². The number of nitrogens with zero attached hydrogens (tertiary/aromatic N) is 1. The lowest BCUT2D eigenvalue weighted by Gasteiger charge is -1.89. The van der Waals surface area contributed by atoms with Crippen LogP contribution in [0.25, 0.3) is 0 Å². The second-order valence-electron chi connectivity index (χ2n) is 2.44. The van der Waals surface area contributed by atoms with Crippen molar-refractivity contribution in [2.45, 2.75) is 19.8 Å². The molecule has 58 valence electrons. The van der Waals surface area contributed by atoms with Crippen LogP contribution in [0.1, 0.15) is 19.8 Å². The third kappa shape index (κ3) is 2.99.